The first-order valence-electron chi connectivity index (χ1n) is 3.39. The largest absolute Gasteiger partial charge is 0.274 e. The van der Waals surface area contributed by atoms with Gasteiger partial charge in [-0.3, -0.25) is 20.6 Å². The SMILES string of the molecule is NP(N)(=O)NCc1cccnc1. The summed E-state index contributed by atoms with van der Waals surface area (Å²) in [7, 11) is -3.11. The molecule has 0 aliphatic heterocycles. The maximum Gasteiger partial charge on any atom is 0.274 e. The zero-order valence-electron chi connectivity index (χ0n) is 6.47. The van der Waals surface area contributed by atoms with E-state index in [1.165, 1.54) is 0 Å². The van der Waals surface area contributed by atoms with Crippen molar-refractivity contribution < 1.29 is 4.57 Å². The fraction of sp³-hybridized carbons (Fsp3) is 0.167. The van der Waals surface area contributed by atoms with Crippen molar-refractivity contribution >= 4 is 7.59 Å². The van der Waals surface area contributed by atoms with Gasteiger partial charge in [0.1, 0.15) is 0 Å². The average molecular weight is 186 g/mol. The summed E-state index contributed by atoms with van der Waals surface area (Å²) in [5, 5.41) is 2.51. The number of nitrogens with two attached hydrogens (primary N) is 2. The molecule has 0 aromatic carbocycles. The van der Waals surface area contributed by atoms with Crippen LogP contribution in [-0.2, 0) is 11.1 Å². The summed E-state index contributed by atoms with van der Waals surface area (Å²) < 4.78 is 10.8. The van der Waals surface area contributed by atoms with Crippen LogP contribution in [0.4, 0.5) is 0 Å². The lowest BCUT2D eigenvalue weighted by Gasteiger charge is -2.07. The monoisotopic (exact) mass is 186 g/mol. The molecule has 0 amide bonds. The number of hydrogen-bond donors (Lipinski definition) is 3. The van der Waals surface area contributed by atoms with Gasteiger partial charge in [-0.2, -0.15) is 0 Å². The topological polar surface area (TPSA) is 94.0 Å². The first kappa shape index (κ1) is 9.35. The van der Waals surface area contributed by atoms with Crippen LogP contribution >= 0.6 is 7.59 Å². The lowest BCUT2D eigenvalue weighted by atomic mass is 10.3. The summed E-state index contributed by atoms with van der Waals surface area (Å²) in [5.74, 6) is 0. The van der Waals surface area contributed by atoms with Gasteiger partial charge in [-0.25, -0.2) is 5.09 Å². The van der Waals surface area contributed by atoms with Crippen LogP contribution in [0.25, 0.3) is 0 Å². The van der Waals surface area contributed by atoms with E-state index in [2.05, 4.69) is 10.1 Å². The highest BCUT2D eigenvalue weighted by Crippen LogP contribution is 2.17. The standard InChI is InChI=1S/C6H11N4OP/c7-12(8,11)10-5-6-2-1-3-9-4-6/h1-4H,5H2,(H5,7,8,10,11). The van der Waals surface area contributed by atoms with E-state index in [4.69, 9.17) is 11.0 Å². The van der Waals surface area contributed by atoms with E-state index in [9.17, 15) is 4.57 Å². The zero-order valence-corrected chi connectivity index (χ0v) is 7.37. The Hall–Kier alpha value is -0.740. The lowest BCUT2D eigenvalue weighted by Crippen LogP contribution is -2.21. The summed E-state index contributed by atoms with van der Waals surface area (Å²) in [6.45, 7) is 0.373. The number of nitrogens with one attached hydrogen (secondary N) is 1. The van der Waals surface area contributed by atoms with Crippen LogP contribution in [0, 0.1) is 0 Å². The summed E-state index contributed by atoms with van der Waals surface area (Å²) in [6, 6.07) is 3.63. The van der Waals surface area contributed by atoms with Gasteiger partial charge < -0.3 is 0 Å². The second kappa shape index (κ2) is 3.78. The van der Waals surface area contributed by atoms with Gasteiger partial charge in [0.15, 0.2) is 0 Å². The van der Waals surface area contributed by atoms with Crippen LogP contribution in [0.1, 0.15) is 5.56 Å². The van der Waals surface area contributed by atoms with Gasteiger partial charge in [-0.05, 0) is 11.6 Å². The zero-order chi connectivity index (χ0) is 9.03. The Labute approximate surface area is 70.7 Å². The second-order valence-corrected chi connectivity index (χ2v) is 4.14. The Bertz CT molecular complexity index is 283. The van der Waals surface area contributed by atoms with Crippen molar-refractivity contribution in [2.24, 2.45) is 11.0 Å². The van der Waals surface area contributed by atoms with Crippen LogP contribution in [0.2, 0.25) is 0 Å². The molecule has 6 heteroatoms. The van der Waals surface area contributed by atoms with E-state index in [1.807, 2.05) is 6.07 Å². The number of pyridine rings is 1. The Balaban J connectivity index is 2.50. The van der Waals surface area contributed by atoms with E-state index in [0.717, 1.165) is 5.56 Å². The van der Waals surface area contributed by atoms with Crippen molar-refractivity contribution in [2.75, 3.05) is 0 Å². The highest BCUT2D eigenvalue weighted by atomic mass is 31.2. The van der Waals surface area contributed by atoms with E-state index in [0.29, 0.717) is 6.54 Å². The van der Waals surface area contributed by atoms with Gasteiger partial charge in [0.25, 0.3) is 7.59 Å². The molecule has 0 spiro atoms. The number of hydrogen-bond acceptors (Lipinski definition) is 2. The molecule has 0 atom stereocenters. The predicted octanol–water partition coefficient (Wildman–Crippen LogP) is 0.197. The molecule has 0 radical (unpaired) electrons. The molecule has 0 aliphatic carbocycles. The molecule has 1 heterocycles. The third-order valence-electron chi connectivity index (χ3n) is 1.25. The van der Waals surface area contributed by atoms with Crippen LogP contribution in [0.3, 0.4) is 0 Å². The summed E-state index contributed by atoms with van der Waals surface area (Å²) in [4.78, 5) is 3.87. The fourth-order valence-electron chi connectivity index (χ4n) is 0.718. The Kier molecular flexibility index (Phi) is 2.94. The maximum atomic E-state index is 10.8. The van der Waals surface area contributed by atoms with Crippen LogP contribution in [0.15, 0.2) is 24.5 Å². The quantitative estimate of drug-likeness (QED) is 0.586. The van der Waals surface area contributed by atoms with Crippen molar-refractivity contribution in [3.8, 4) is 0 Å². The third kappa shape index (κ3) is 3.59. The van der Waals surface area contributed by atoms with Gasteiger partial charge in [0, 0.05) is 18.9 Å². The maximum absolute atomic E-state index is 10.8. The third-order valence-corrected chi connectivity index (χ3v) is 1.91. The van der Waals surface area contributed by atoms with E-state index in [-0.39, 0.29) is 0 Å². The van der Waals surface area contributed by atoms with Gasteiger partial charge in [-0.15, -0.1) is 0 Å². The number of aromatic nitrogens is 1. The molecule has 66 valence electrons. The fourth-order valence-corrected chi connectivity index (χ4v) is 1.15. The minimum absolute atomic E-state index is 0.373. The molecule has 5 N–H and O–H groups in total. The molecule has 0 aliphatic rings. The minimum atomic E-state index is -3.11. The first-order chi connectivity index (χ1) is 5.58. The van der Waals surface area contributed by atoms with Crippen molar-refractivity contribution in [3.05, 3.63) is 30.1 Å². The molecule has 12 heavy (non-hydrogen) atoms. The molecule has 0 fully saturated rings. The number of rotatable bonds is 3. The molecule has 0 bridgehead atoms. The predicted molar refractivity (Wildman–Crippen MR) is 47.1 cm³/mol. The smallest absolute Gasteiger partial charge is 0.271 e. The number of nitrogens with zero attached hydrogens (tertiary/aromatic N) is 1. The summed E-state index contributed by atoms with van der Waals surface area (Å²) in [6.07, 6.45) is 3.32. The van der Waals surface area contributed by atoms with Gasteiger partial charge in [-0.1, -0.05) is 6.07 Å². The normalized spacial score (nSPS) is 11.5. The van der Waals surface area contributed by atoms with Crippen LogP contribution in [0.5, 0.6) is 0 Å². The van der Waals surface area contributed by atoms with Crippen LogP contribution < -0.4 is 16.1 Å². The average Bonchev–Trinajstić information content (AvgIpc) is 2.02. The highest BCUT2D eigenvalue weighted by Gasteiger charge is 2.05. The molecule has 0 saturated carbocycles. The van der Waals surface area contributed by atoms with Gasteiger partial charge in [0.2, 0.25) is 0 Å². The molecule has 1 aromatic rings. The molecule has 0 unspecified atom stereocenters. The Morgan fingerprint density at radius 2 is 2.33 bits per heavy atom. The molecule has 5 nitrogen and oxygen atoms in total. The minimum Gasteiger partial charge on any atom is -0.271 e. The Morgan fingerprint density at radius 3 is 2.83 bits per heavy atom. The molecular weight excluding hydrogens is 175 g/mol. The van der Waals surface area contributed by atoms with E-state index >= 15 is 0 Å². The van der Waals surface area contributed by atoms with Crippen molar-refractivity contribution in [2.45, 2.75) is 6.54 Å². The van der Waals surface area contributed by atoms with Crippen molar-refractivity contribution in [1.29, 1.82) is 0 Å². The summed E-state index contributed by atoms with van der Waals surface area (Å²) >= 11 is 0. The van der Waals surface area contributed by atoms with E-state index < -0.39 is 7.59 Å². The molecule has 0 saturated heterocycles. The highest BCUT2D eigenvalue weighted by molar-refractivity contribution is 7.56. The van der Waals surface area contributed by atoms with Gasteiger partial charge >= 0.3 is 0 Å². The summed E-state index contributed by atoms with van der Waals surface area (Å²) in [5.41, 5.74) is 11.1. The molecular formula is C6H11N4OP. The van der Waals surface area contributed by atoms with Crippen molar-refractivity contribution in [3.63, 3.8) is 0 Å². The van der Waals surface area contributed by atoms with Crippen molar-refractivity contribution in [1.82, 2.24) is 10.1 Å². The first-order valence-corrected chi connectivity index (χ1v) is 5.24. The lowest BCUT2D eigenvalue weighted by molar-refractivity contribution is 0.566. The van der Waals surface area contributed by atoms with E-state index in [1.54, 1.807) is 18.5 Å². The molecule has 1 rings (SSSR count). The van der Waals surface area contributed by atoms with Crippen LogP contribution in [-0.4, -0.2) is 4.98 Å². The van der Waals surface area contributed by atoms with Gasteiger partial charge in [0.05, 0.1) is 0 Å². The molecule has 1 aromatic heterocycles. The second-order valence-electron chi connectivity index (χ2n) is 2.41. The Morgan fingerprint density at radius 1 is 1.58 bits per heavy atom.